The van der Waals surface area contributed by atoms with Crippen LogP contribution in [0.25, 0.3) is 11.4 Å². The molecular weight excluding hydrogens is 430 g/mol. The predicted octanol–water partition coefficient (Wildman–Crippen LogP) is 4.36. The summed E-state index contributed by atoms with van der Waals surface area (Å²) in [6, 6.07) is 13.3. The summed E-state index contributed by atoms with van der Waals surface area (Å²) in [6.07, 6.45) is 1.68. The molecule has 1 aromatic heterocycles. The Morgan fingerprint density at radius 3 is 2.74 bits per heavy atom. The molecule has 2 N–H and O–H groups in total. The number of rotatable bonds is 7. The number of aromatic amines is 1. The first kappa shape index (κ1) is 19.1. The molecule has 0 saturated carbocycles. The molecule has 3 rings (SSSR count). The van der Waals surface area contributed by atoms with E-state index in [1.807, 2.05) is 49.4 Å². The smallest absolute Gasteiger partial charge is 0.216 e. The van der Waals surface area contributed by atoms with Crippen LogP contribution < -0.4 is 15.0 Å². The Morgan fingerprint density at radius 2 is 2.07 bits per heavy atom. The van der Waals surface area contributed by atoms with E-state index in [4.69, 9.17) is 21.7 Å². The normalized spacial score (nSPS) is 10.9. The van der Waals surface area contributed by atoms with E-state index in [1.54, 1.807) is 18.0 Å². The van der Waals surface area contributed by atoms with E-state index in [2.05, 4.69) is 36.8 Å². The first-order chi connectivity index (χ1) is 13.1. The van der Waals surface area contributed by atoms with Crippen molar-refractivity contribution in [2.45, 2.75) is 6.92 Å². The SMILES string of the molecule is CCOc1ccc(-c2n[nH]c(=S)n2N/N=C\c2ccc(OC)c(Br)c2)cc1. The van der Waals surface area contributed by atoms with Crippen LogP contribution in [0.1, 0.15) is 12.5 Å². The molecule has 0 amide bonds. The van der Waals surface area contributed by atoms with Gasteiger partial charge in [0.15, 0.2) is 5.82 Å². The summed E-state index contributed by atoms with van der Waals surface area (Å²) in [5.74, 6) is 2.18. The fourth-order valence-corrected chi connectivity index (χ4v) is 3.11. The highest BCUT2D eigenvalue weighted by Gasteiger charge is 2.08. The van der Waals surface area contributed by atoms with Crippen molar-refractivity contribution in [3.05, 3.63) is 57.3 Å². The maximum Gasteiger partial charge on any atom is 0.216 e. The van der Waals surface area contributed by atoms with Gasteiger partial charge in [-0.1, -0.05) is 0 Å². The third kappa shape index (κ3) is 4.55. The minimum atomic E-state index is 0.409. The van der Waals surface area contributed by atoms with Crippen molar-refractivity contribution < 1.29 is 9.47 Å². The van der Waals surface area contributed by atoms with Gasteiger partial charge in [-0.15, -0.1) is 0 Å². The summed E-state index contributed by atoms with van der Waals surface area (Å²) in [7, 11) is 1.62. The Bertz CT molecular complexity index is 998. The lowest BCUT2D eigenvalue weighted by Gasteiger charge is -2.07. The number of H-pyrrole nitrogens is 1. The fourth-order valence-electron chi connectivity index (χ4n) is 2.37. The van der Waals surface area contributed by atoms with Gasteiger partial charge in [-0.2, -0.15) is 14.9 Å². The molecule has 0 spiro atoms. The Morgan fingerprint density at radius 1 is 1.30 bits per heavy atom. The van der Waals surface area contributed by atoms with Gasteiger partial charge < -0.3 is 9.47 Å². The molecule has 0 saturated heterocycles. The van der Waals surface area contributed by atoms with Crippen LogP contribution in [0.2, 0.25) is 0 Å². The van der Waals surface area contributed by atoms with Crippen LogP contribution in [0.4, 0.5) is 0 Å². The van der Waals surface area contributed by atoms with Gasteiger partial charge in [-0.25, -0.2) is 10.6 Å². The number of nitrogens with one attached hydrogen (secondary N) is 2. The minimum Gasteiger partial charge on any atom is -0.496 e. The maximum absolute atomic E-state index is 5.46. The molecular formula is C18H18BrN5O2S. The van der Waals surface area contributed by atoms with Crippen molar-refractivity contribution >= 4 is 34.4 Å². The van der Waals surface area contributed by atoms with Gasteiger partial charge in [0.25, 0.3) is 0 Å². The molecule has 140 valence electrons. The van der Waals surface area contributed by atoms with E-state index in [1.165, 1.54) is 0 Å². The van der Waals surface area contributed by atoms with Gasteiger partial charge in [-0.3, -0.25) is 0 Å². The van der Waals surface area contributed by atoms with Crippen molar-refractivity contribution in [3.63, 3.8) is 0 Å². The highest BCUT2D eigenvalue weighted by atomic mass is 79.9. The van der Waals surface area contributed by atoms with Crippen LogP contribution in [0.15, 0.2) is 52.0 Å². The van der Waals surface area contributed by atoms with Gasteiger partial charge >= 0.3 is 0 Å². The van der Waals surface area contributed by atoms with E-state index in [0.717, 1.165) is 27.1 Å². The lowest BCUT2D eigenvalue weighted by molar-refractivity contribution is 0.340. The first-order valence-electron chi connectivity index (χ1n) is 8.15. The van der Waals surface area contributed by atoms with Crippen molar-refractivity contribution in [2.24, 2.45) is 5.10 Å². The molecule has 0 atom stereocenters. The number of benzene rings is 2. The monoisotopic (exact) mass is 447 g/mol. The summed E-state index contributed by atoms with van der Waals surface area (Å²) >= 11 is 8.74. The standard InChI is InChI=1S/C18H18BrN5O2S/c1-3-26-14-7-5-13(6-8-14)17-21-22-18(27)24(17)23-20-11-12-4-9-16(25-2)15(19)10-12/h4-11,23H,3H2,1-2H3,(H,22,27)/b20-11-. The Labute approximate surface area is 170 Å². The maximum atomic E-state index is 5.46. The third-order valence-electron chi connectivity index (χ3n) is 3.64. The number of hydrogen-bond acceptors (Lipinski definition) is 6. The van der Waals surface area contributed by atoms with E-state index >= 15 is 0 Å². The zero-order valence-corrected chi connectivity index (χ0v) is 17.2. The highest BCUT2D eigenvalue weighted by molar-refractivity contribution is 9.10. The lowest BCUT2D eigenvalue weighted by Crippen LogP contribution is -2.10. The number of methoxy groups -OCH3 is 1. The van der Waals surface area contributed by atoms with Crippen molar-refractivity contribution in [3.8, 4) is 22.9 Å². The molecule has 0 bridgehead atoms. The van der Waals surface area contributed by atoms with E-state index < -0.39 is 0 Å². The van der Waals surface area contributed by atoms with E-state index in [9.17, 15) is 0 Å². The number of ether oxygens (including phenoxy) is 2. The largest absolute Gasteiger partial charge is 0.496 e. The van der Waals surface area contributed by atoms with Gasteiger partial charge in [-0.05, 0) is 83.1 Å². The predicted molar refractivity (Wildman–Crippen MR) is 112 cm³/mol. The topological polar surface area (TPSA) is 76.5 Å². The molecule has 0 unspecified atom stereocenters. The van der Waals surface area contributed by atoms with Crippen LogP contribution in [0.3, 0.4) is 0 Å². The molecule has 0 aliphatic heterocycles. The van der Waals surface area contributed by atoms with Crippen LogP contribution in [0.5, 0.6) is 11.5 Å². The number of hydrazone groups is 1. The van der Waals surface area contributed by atoms with Crippen LogP contribution in [0, 0.1) is 4.77 Å². The molecule has 0 radical (unpaired) electrons. The molecule has 7 nitrogen and oxygen atoms in total. The van der Waals surface area contributed by atoms with E-state index in [-0.39, 0.29) is 0 Å². The van der Waals surface area contributed by atoms with E-state index in [0.29, 0.717) is 17.2 Å². The first-order valence-corrected chi connectivity index (χ1v) is 9.35. The minimum absolute atomic E-state index is 0.409. The van der Waals surface area contributed by atoms with Crippen LogP contribution >= 0.6 is 28.1 Å². The van der Waals surface area contributed by atoms with Crippen molar-refractivity contribution in [2.75, 3.05) is 19.3 Å². The zero-order valence-electron chi connectivity index (χ0n) is 14.8. The van der Waals surface area contributed by atoms with Gasteiger partial charge in [0.2, 0.25) is 4.77 Å². The quantitative estimate of drug-likeness (QED) is 0.319. The van der Waals surface area contributed by atoms with Crippen molar-refractivity contribution in [1.82, 2.24) is 14.9 Å². The second-order valence-corrected chi connectivity index (χ2v) is 6.64. The highest BCUT2D eigenvalue weighted by Crippen LogP contribution is 2.25. The molecule has 0 aliphatic rings. The average molecular weight is 448 g/mol. The Hall–Kier alpha value is -2.65. The number of aromatic nitrogens is 3. The summed E-state index contributed by atoms with van der Waals surface area (Å²) in [5.41, 5.74) is 4.68. The van der Waals surface area contributed by atoms with Gasteiger partial charge in [0.1, 0.15) is 11.5 Å². The zero-order chi connectivity index (χ0) is 19.2. The fraction of sp³-hybridized carbons (Fsp3) is 0.167. The Kier molecular flexibility index (Phi) is 6.25. The molecule has 1 heterocycles. The van der Waals surface area contributed by atoms with Crippen molar-refractivity contribution in [1.29, 1.82) is 0 Å². The van der Waals surface area contributed by atoms with Crippen LogP contribution in [-0.2, 0) is 0 Å². The summed E-state index contributed by atoms with van der Waals surface area (Å²) in [6.45, 7) is 2.57. The summed E-state index contributed by atoms with van der Waals surface area (Å²) in [4.78, 5) is 0. The van der Waals surface area contributed by atoms with Gasteiger partial charge in [0.05, 0.1) is 24.4 Å². The lowest BCUT2D eigenvalue weighted by atomic mass is 10.2. The van der Waals surface area contributed by atoms with Crippen LogP contribution in [-0.4, -0.2) is 34.8 Å². The molecule has 2 aromatic carbocycles. The van der Waals surface area contributed by atoms with Gasteiger partial charge in [0, 0.05) is 5.56 Å². The average Bonchev–Trinajstić information content (AvgIpc) is 3.04. The summed E-state index contributed by atoms with van der Waals surface area (Å²) in [5, 5.41) is 11.3. The third-order valence-corrected chi connectivity index (χ3v) is 4.54. The Balaban J connectivity index is 1.79. The number of hydrogen-bond donors (Lipinski definition) is 2. The molecule has 0 fully saturated rings. The number of nitrogens with zero attached hydrogens (tertiary/aromatic N) is 3. The second kappa shape index (κ2) is 8.83. The summed E-state index contributed by atoms with van der Waals surface area (Å²) < 4.78 is 13.5. The molecule has 0 aliphatic carbocycles. The molecule has 9 heteroatoms. The molecule has 3 aromatic rings. The number of halogens is 1. The molecule has 27 heavy (non-hydrogen) atoms. The second-order valence-electron chi connectivity index (χ2n) is 5.40.